The fraction of sp³-hybridized carbons (Fsp3) is 0.267. The van der Waals surface area contributed by atoms with E-state index in [1.54, 1.807) is 12.1 Å². The highest BCUT2D eigenvalue weighted by molar-refractivity contribution is 6.05. The van der Waals surface area contributed by atoms with Crippen LogP contribution >= 0.6 is 0 Å². The second-order valence-electron chi connectivity index (χ2n) is 4.69. The van der Waals surface area contributed by atoms with E-state index in [0.29, 0.717) is 11.4 Å². The molecule has 6 heteroatoms. The average molecular weight is 289 g/mol. The summed E-state index contributed by atoms with van der Waals surface area (Å²) < 4.78 is 9.45. The van der Waals surface area contributed by atoms with Gasteiger partial charge in [0.05, 0.1) is 25.3 Å². The number of ether oxygens (including phenoxy) is 2. The number of benzene rings is 1. The van der Waals surface area contributed by atoms with Gasteiger partial charge in [0.15, 0.2) is 5.71 Å². The SMILES string of the molecule is COC(=O)c1cc2c(cc1C(=O)OC)[NH+]=C(C)C=C(C)N2. The smallest absolute Gasteiger partial charge is 0.338 e. The van der Waals surface area contributed by atoms with Crippen LogP contribution < -0.4 is 10.3 Å². The van der Waals surface area contributed by atoms with Gasteiger partial charge in [-0.25, -0.2) is 14.6 Å². The first-order valence-electron chi connectivity index (χ1n) is 6.37. The first kappa shape index (κ1) is 14.8. The van der Waals surface area contributed by atoms with Crippen LogP contribution in [0.3, 0.4) is 0 Å². The summed E-state index contributed by atoms with van der Waals surface area (Å²) in [5, 5.41) is 3.17. The van der Waals surface area contributed by atoms with Crippen LogP contribution in [0, 0.1) is 0 Å². The minimum absolute atomic E-state index is 0.157. The summed E-state index contributed by atoms with van der Waals surface area (Å²) in [7, 11) is 2.54. The molecule has 0 amide bonds. The standard InChI is InChI=1S/C15H16N2O4/c1-8-5-9(2)17-13-7-11(15(19)21-4)10(14(18)20-3)6-12(13)16-8/h5-7,16H,1-4H3/p+1. The van der Waals surface area contributed by atoms with Gasteiger partial charge >= 0.3 is 11.9 Å². The Morgan fingerprint density at radius 1 is 1.05 bits per heavy atom. The highest BCUT2D eigenvalue weighted by Crippen LogP contribution is 2.26. The lowest BCUT2D eigenvalue weighted by Crippen LogP contribution is -2.65. The molecule has 2 N–H and O–H groups in total. The van der Waals surface area contributed by atoms with Crippen molar-refractivity contribution in [1.29, 1.82) is 0 Å². The summed E-state index contributed by atoms with van der Waals surface area (Å²) in [5.74, 6) is -1.18. The number of carbonyl (C=O) groups excluding carboxylic acids is 2. The first-order valence-corrected chi connectivity index (χ1v) is 6.37. The molecular formula is C15H17N2O4+. The van der Waals surface area contributed by atoms with E-state index in [0.717, 1.165) is 11.4 Å². The van der Waals surface area contributed by atoms with Crippen molar-refractivity contribution < 1.29 is 24.1 Å². The lowest BCUT2D eigenvalue weighted by Gasteiger charge is -2.10. The number of rotatable bonds is 2. The van der Waals surface area contributed by atoms with E-state index in [9.17, 15) is 9.59 Å². The van der Waals surface area contributed by atoms with Crippen LogP contribution in [0.2, 0.25) is 0 Å². The minimum atomic E-state index is -0.591. The van der Waals surface area contributed by atoms with Gasteiger partial charge < -0.3 is 14.8 Å². The molecule has 0 spiro atoms. The van der Waals surface area contributed by atoms with Crippen molar-refractivity contribution in [3.63, 3.8) is 0 Å². The number of hydrogen-bond donors (Lipinski definition) is 2. The van der Waals surface area contributed by atoms with Crippen molar-refractivity contribution in [2.24, 2.45) is 0 Å². The lowest BCUT2D eigenvalue weighted by atomic mass is 10.0. The number of anilines is 1. The van der Waals surface area contributed by atoms with E-state index in [4.69, 9.17) is 9.47 Å². The number of allylic oxidation sites excluding steroid dienone is 2. The van der Waals surface area contributed by atoms with Crippen molar-refractivity contribution >= 4 is 29.0 Å². The monoisotopic (exact) mass is 289 g/mol. The summed E-state index contributed by atoms with van der Waals surface area (Å²) in [6, 6.07) is 3.16. The highest BCUT2D eigenvalue weighted by atomic mass is 16.5. The molecule has 0 radical (unpaired) electrons. The molecule has 0 saturated carbocycles. The van der Waals surface area contributed by atoms with E-state index in [-0.39, 0.29) is 11.1 Å². The fourth-order valence-corrected chi connectivity index (χ4v) is 2.19. The van der Waals surface area contributed by atoms with E-state index < -0.39 is 11.9 Å². The van der Waals surface area contributed by atoms with Crippen molar-refractivity contribution in [3.8, 4) is 0 Å². The van der Waals surface area contributed by atoms with Gasteiger partial charge in [-0.1, -0.05) is 0 Å². The number of nitrogens with one attached hydrogen (secondary N) is 2. The predicted octanol–water partition coefficient (Wildman–Crippen LogP) is 0.762. The Morgan fingerprint density at radius 3 is 2.19 bits per heavy atom. The molecule has 110 valence electrons. The molecule has 0 fully saturated rings. The Hall–Kier alpha value is -2.63. The number of esters is 2. The third-order valence-corrected chi connectivity index (χ3v) is 3.06. The van der Waals surface area contributed by atoms with Crippen LogP contribution in [0.25, 0.3) is 0 Å². The zero-order chi connectivity index (χ0) is 15.6. The second kappa shape index (κ2) is 5.78. The molecule has 0 saturated heterocycles. The van der Waals surface area contributed by atoms with Crippen LogP contribution in [0.1, 0.15) is 34.6 Å². The number of fused-ring (bicyclic) bond motifs is 1. The quantitative estimate of drug-likeness (QED) is 0.786. The van der Waals surface area contributed by atoms with Gasteiger partial charge in [-0.2, -0.15) is 0 Å². The fourth-order valence-electron chi connectivity index (χ4n) is 2.19. The zero-order valence-electron chi connectivity index (χ0n) is 12.4. The Labute approximate surface area is 122 Å². The van der Waals surface area contributed by atoms with Gasteiger partial charge in [-0.15, -0.1) is 0 Å². The molecular weight excluding hydrogens is 272 g/mol. The van der Waals surface area contributed by atoms with E-state index >= 15 is 0 Å². The van der Waals surface area contributed by atoms with Crippen LogP contribution in [0.5, 0.6) is 0 Å². The second-order valence-corrected chi connectivity index (χ2v) is 4.69. The van der Waals surface area contributed by atoms with Crippen molar-refractivity contribution in [2.75, 3.05) is 19.5 Å². The van der Waals surface area contributed by atoms with Gasteiger partial charge in [-0.3, -0.25) is 0 Å². The van der Waals surface area contributed by atoms with E-state index in [2.05, 4.69) is 10.3 Å². The number of carbonyl (C=O) groups is 2. The van der Waals surface area contributed by atoms with Crippen LogP contribution in [-0.2, 0) is 9.47 Å². The van der Waals surface area contributed by atoms with Crippen LogP contribution in [0.15, 0.2) is 23.9 Å². The molecule has 6 nitrogen and oxygen atoms in total. The molecule has 1 heterocycles. The topological polar surface area (TPSA) is 78.6 Å². The Balaban J connectivity index is 2.66. The molecule has 1 aliphatic rings. The van der Waals surface area contributed by atoms with E-state index in [1.807, 2.05) is 19.9 Å². The van der Waals surface area contributed by atoms with Gasteiger partial charge in [0.1, 0.15) is 5.69 Å². The predicted molar refractivity (Wildman–Crippen MR) is 77.8 cm³/mol. The molecule has 1 aromatic rings. The molecule has 0 aliphatic carbocycles. The number of hydrogen-bond acceptors (Lipinski definition) is 5. The molecule has 0 aromatic heterocycles. The Morgan fingerprint density at radius 2 is 1.62 bits per heavy atom. The molecule has 1 aliphatic heterocycles. The maximum absolute atomic E-state index is 11.9. The Kier molecular flexibility index (Phi) is 4.07. The van der Waals surface area contributed by atoms with Crippen molar-refractivity contribution in [2.45, 2.75) is 13.8 Å². The first-order chi connectivity index (χ1) is 9.96. The van der Waals surface area contributed by atoms with Crippen molar-refractivity contribution in [1.82, 2.24) is 0 Å². The summed E-state index contributed by atoms with van der Waals surface area (Å²) in [6.45, 7) is 3.82. The zero-order valence-corrected chi connectivity index (χ0v) is 12.4. The summed E-state index contributed by atoms with van der Waals surface area (Å²) in [4.78, 5) is 26.9. The van der Waals surface area contributed by atoms with Gasteiger partial charge in [0.2, 0.25) is 5.69 Å². The van der Waals surface area contributed by atoms with Crippen LogP contribution in [0.4, 0.5) is 11.4 Å². The van der Waals surface area contributed by atoms with E-state index in [1.165, 1.54) is 14.2 Å². The lowest BCUT2D eigenvalue weighted by molar-refractivity contribution is -0.351. The maximum atomic E-state index is 11.9. The molecule has 0 unspecified atom stereocenters. The third kappa shape index (κ3) is 2.94. The molecule has 0 bridgehead atoms. The van der Waals surface area contributed by atoms with Gasteiger partial charge in [-0.05, 0) is 13.0 Å². The van der Waals surface area contributed by atoms with Gasteiger partial charge in [0.25, 0.3) is 0 Å². The summed E-state index contributed by atoms with van der Waals surface area (Å²) >= 11 is 0. The highest BCUT2D eigenvalue weighted by Gasteiger charge is 2.24. The third-order valence-electron chi connectivity index (χ3n) is 3.06. The largest absolute Gasteiger partial charge is 0.465 e. The molecule has 2 rings (SSSR count). The summed E-state index contributed by atoms with van der Waals surface area (Å²) in [5.41, 5.74) is 3.53. The van der Waals surface area contributed by atoms with Gasteiger partial charge in [0, 0.05) is 24.8 Å². The van der Waals surface area contributed by atoms with Crippen molar-refractivity contribution in [3.05, 3.63) is 35.0 Å². The minimum Gasteiger partial charge on any atom is -0.465 e. The molecule has 1 aromatic carbocycles. The van der Waals surface area contributed by atoms with Crippen LogP contribution in [-0.4, -0.2) is 31.9 Å². The Bertz CT molecular complexity index is 674. The maximum Gasteiger partial charge on any atom is 0.338 e. The average Bonchev–Trinajstić information content (AvgIpc) is 2.60. The molecule has 21 heavy (non-hydrogen) atoms. The number of methoxy groups -OCH3 is 2. The molecule has 0 atom stereocenters. The summed E-state index contributed by atoms with van der Waals surface area (Å²) in [6.07, 6.45) is 1.93. The normalized spacial score (nSPS) is 13.1.